The van der Waals surface area contributed by atoms with E-state index in [-0.39, 0.29) is 5.56 Å². The molecule has 4 rings (SSSR count). The molecular weight excluding hydrogens is 386 g/mol. The van der Waals surface area contributed by atoms with Crippen molar-refractivity contribution in [3.8, 4) is 16.9 Å². The number of alkyl halides is 3. The molecule has 2 heterocycles. The highest BCUT2D eigenvalue weighted by Crippen LogP contribution is 2.41. The summed E-state index contributed by atoms with van der Waals surface area (Å²) in [5, 5.41) is 8.49. The number of halogens is 5. The van der Waals surface area contributed by atoms with Crippen molar-refractivity contribution in [3.05, 3.63) is 63.6 Å². The van der Waals surface area contributed by atoms with Crippen LogP contribution in [0.25, 0.3) is 16.9 Å². The van der Waals surface area contributed by atoms with Crippen molar-refractivity contribution in [3.63, 3.8) is 0 Å². The van der Waals surface area contributed by atoms with Crippen molar-refractivity contribution in [1.82, 2.24) is 9.78 Å². The Hall–Kier alpha value is -2.18. The molecule has 0 radical (unpaired) electrons. The van der Waals surface area contributed by atoms with Gasteiger partial charge < -0.3 is 5.32 Å². The van der Waals surface area contributed by atoms with Crippen molar-refractivity contribution in [2.24, 2.45) is 0 Å². The van der Waals surface area contributed by atoms with E-state index in [4.69, 9.17) is 23.2 Å². The summed E-state index contributed by atoms with van der Waals surface area (Å²) in [6.07, 6.45) is -3.88. The minimum atomic E-state index is -4.46. The van der Waals surface area contributed by atoms with Crippen molar-refractivity contribution >= 4 is 29.0 Å². The Balaban J connectivity index is 1.94. The van der Waals surface area contributed by atoms with Crippen LogP contribution in [0.3, 0.4) is 0 Å². The highest BCUT2D eigenvalue weighted by atomic mass is 35.5. The highest BCUT2D eigenvalue weighted by molar-refractivity contribution is 6.35. The largest absolute Gasteiger partial charge is 0.417 e. The molecule has 1 N–H and O–H groups in total. The van der Waals surface area contributed by atoms with Crippen LogP contribution in [0.1, 0.15) is 11.1 Å². The summed E-state index contributed by atoms with van der Waals surface area (Å²) < 4.78 is 41.9. The Morgan fingerprint density at radius 2 is 1.85 bits per heavy atom. The molecule has 3 aromatic rings. The second-order valence-corrected chi connectivity index (χ2v) is 6.75. The summed E-state index contributed by atoms with van der Waals surface area (Å²) in [6.45, 7) is 0.625. The fourth-order valence-corrected chi connectivity index (χ4v) is 3.64. The zero-order valence-corrected chi connectivity index (χ0v) is 14.8. The lowest BCUT2D eigenvalue weighted by Crippen LogP contribution is -2.08. The monoisotopic (exact) mass is 397 g/mol. The Bertz CT molecular complexity index is 996. The first-order chi connectivity index (χ1) is 12.4. The number of fused-ring (bicyclic) bond motifs is 1. The average Bonchev–Trinajstić information content (AvgIpc) is 3.17. The first kappa shape index (κ1) is 17.2. The molecule has 0 unspecified atom stereocenters. The van der Waals surface area contributed by atoms with Crippen molar-refractivity contribution < 1.29 is 13.2 Å². The second-order valence-electron chi connectivity index (χ2n) is 5.90. The van der Waals surface area contributed by atoms with E-state index in [1.54, 1.807) is 28.9 Å². The van der Waals surface area contributed by atoms with Crippen molar-refractivity contribution in [2.45, 2.75) is 12.6 Å². The maximum absolute atomic E-state index is 13.4. The Morgan fingerprint density at radius 1 is 1.08 bits per heavy atom. The van der Waals surface area contributed by atoms with E-state index in [1.165, 1.54) is 12.1 Å². The molecule has 8 heteroatoms. The van der Waals surface area contributed by atoms with Gasteiger partial charge in [0, 0.05) is 22.7 Å². The van der Waals surface area contributed by atoms with Crippen LogP contribution in [0.2, 0.25) is 10.0 Å². The quantitative estimate of drug-likeness (QED) is 0.589. The van der Waals surface area contributed by atoms with Gasteiger partial charge in [-0.05, 0) is 30.7 Å². The Kier molecular flexibility index (Phi) is 4.12. The summed E-state index contributed by atoms with van der Waals surface area (Å²) in [5.41, 5.74) is 0.958. The minimum Gasteiger partial charge on any atom is -0.369 e. The second kappa shape index (κ2) is 6.21. The van der Waals surface area contributed by atoms with Gasteiger partial charge in [-0.2, -0.15) is 18.3 Å². The number of hydrogen-bond donors (Lipinski definition) is 1. The molecule has 0 fully saturated rings. The van der Waals surface area contributed by atoms with Crippen LogP contribution in [-0.2, 0) is 12.6 Å². The fraction of sp³-hybridized carbons (Fsp3) is 0.167. The lowest BCUT2D eigenvalue weighted by molar-refractivity contribution is -0.137. The van der Waals surface area contributed by atoms with Gasteiger partial charge in [0.1, 0.15) is 5.82 Å². The maximum atomic E-state index is 13.4. The summed E-state index contributed by atoms with van der Waals surface area (Å²) >= 11 is 12.2. The van der Waals surface area contributed by atoms with E-state index in [2.05, 4.69) is 10.4 Å². The number of rotatable bonds is 2. The Labute approximate surface area is 157 Å². The molecule has 26 heavy (non-hydrogen) atoms. The topological polar surface area (TPSA) is 29.9 Å². The number of hydrogen-bond acceptors (Lipinski definition) is 2. The van der Waals surface area contributed by atoms with Crippen LogP contribution < -0.4 is 5.32 Å². The van der Waals surface area contributed by atoms with Crippen LogP contribution in [0, 0.1) is 0 Å². The molecule has 1 aromatic heterocycles. The molecule has 2 aromatic carbocycles. The molecule has 0 atom stereocenters. The summed E-state index contributed by atoms with van der Waals surface area (Å²) in [7, 11) is 0. The third-order valence-electron chi connectivity index (χ3n) is 4.28. The number of nitrogens with one attached hydrogen (secondary N) is 1. The molecule has 1 aliphatic heterocycles. The van der Waals surface area contributed by atoms with Gasteiger partial charge in [0.2, 0.25) is 0 Å². The lowest BCUT2D eigenvalue weighted by atomic mass is 10.0. The lowest BCUT2D eigenvalue weighted by Gasteiger charge is -2.12. The molecule has 3 nitrogen and oxygen atoms in total. The first-order valence-corrected chi connectivity index (χ1v) is 8.59. The van der Waals surface area contributed by atoms with E-state index in [0.29, 0.717) is 40.2 Å². The number of benzene rings is 2. The number of nitrogens with zero attached hydrogens (tertiary/aromatic N) is 2. The van der Waals surface area contributed by atoms with Crippen LogP contribution in [-0.4, -0.2) is 16.3 Å². The average molecular weight is 398 g/mol. The number of aromatic nitrogens is 2. The molecule has 0 saturated heterocycles. The standard InChI is InChI=1S/C18H12Cl2F3N3/c19-10-5-6-15(14(20)9-10)26-17-12(7-8-24-17)16(25-26)11-3-1-2-4-13(11)18(21,22)23/h1-6,9,24H,7-8H2. The SMILES string of the molecule is FC(F)(F)c1ccccc1-c1nn(-c2ccc(Cl)cc2Cl)c2c1CCN2. The molecular formula is C18H12Cl2F3N3. The van der Waals surface area contributed by atoms with Gasteiger partial charge >= 0.3 is 6.18 Å². The molecule has 0 amide bonds. The minimum absolute atomic E-state index is 0.0591. The van der Waals surface area contributed by atoms with Gasteiger partial charge in [0.25, 0.3) is 0 Å². The first-order valence-electron chi connectivity index (χ1n) is 7.84. The van der Waals surface area contributed by atoms with Crippen LogP contribution in [0.4, 0.5) is 19.0 Å². The third-order valence-corrected chi connectivity index (χ3v) is 4.81. The highest BCUT2D eigenvalue weighted by Gasteiger charge is 2.36. The summed E-state index contributed by atoms with van der Waals surface area (Å²) in [6, 6.07) is 10.4. The van der Waals surface area contributed by atoms with Crippen LogP contribution in [0.15, 0.2) is 42.5 Å². The van der Waals surface area contributed by atoms with E-state index < -0.39 is 11.7 Å². The third kappa shape index (κ3) is 2.83. The van der Waals surface area contributed by atoms with Gasteiger partial charge in [-0.3, -0.25) is 0 Å². The number of anilines is 1. The van der Waals surface area contributed by atoms with Crippen LogP contribution in [0.5, 0.6) is 0 Å². The fourth-order valence-electron chi connectivity index (χ4n) is 3.16. The van der Waals surface area contributed by atoms with Gasteiger partial charge in [0.05, 0.1) is 22.0 Å². The Morgan fingerprint density at radius 3 is 2.58 bits per heavy atom. The van der Waals surface area contributed by atoms with E-state index in [0.717, 1.165) is 11.6 Å². The normalized spacial score (nSPS) is 13.6. The molecule has 0 spiro atoms. The van der Waals surface area contributed by atoms with Crippen LogP contribution >= 0.6 is 23.2 Å². The van der Waals surface area contributed by atoms with Crippen molar-refractivity contribution in [1.29, 1.82) is 0 Å². The molecule has 0 saturated carbocycles. The van der Waals surface area contributed by atoms with Gasteiger partial charge in [-0.15, -0.1) is 0 Å². The van der Waals surface area contributed by atoms with E-state index in [1.807, 2.05) is 0 Å². The predicted molar refractivity (Wildman–Crippen MR) is 96.2 cm³/mol. The van der Waals surface area contributed by atoms with E-state index in [9.17, 15) is 13.2 Å². The van der Waals surface area contributed by atoms with Gasteiger partial charge in [0.15, 0.2) is 0 Å². The zero-order valence-electron chi connectivity index (χ0n) is 13.2. The van der Waals surface area contributed by atoms with Crippen molar-refractivity contribution in [2.75, 3.05) is 11.9 Å². The van der Waals surface area contributed by atoms with Gasteiger partial charge in [-0.25, -0.2) is 4.68 Å². The van der Waals surface area contributed by atoms with Gasteiger partial charge in [-0.1, -0.05) is 41.4 Å². The molecule has 1 aliphatic rings. The maximum Gasteiger partial charge on any atom is 0.417 e. The predicted octanol–water partition coefficient (Wildman–Crippen LogP) is 5.83. The smallest absolute Gasteiger partial charge is 0.369 e. The summed E-state index contributed by atoms with van der Waals surface area (Å²) in [4.78, 5) is 0. The molecule has 134 valence electrons. The molecule has 0 bridgehead atoms. The zero-order chi connectivity index (χ0) is 18.5. The van der Waals surface area contributed by atoms with E-state index >= 15 is 0 Å². The summed E-state index contributed by atoms with van der Waals surface area (Å²) in [5.74, 6) is 0.654. The molecule has 0 aliphatic carbocycles.